The van der Waals surface area contributed by atoms with Gasteiger partial charge in [0.1, 0.15) is 0 Å². The van der Waals surface area contributed by atoms with E-state index in [1.54, 1.807) is 30.3 Å². The molecule has 0 saturated carbocycles. The van der Waals surface area contributed by atoms with Crippen LogP contribution in [-0.4, -0.2) is 11.7 Å². The Hall–Kier alpha value is -2.88. The Morgan fingerprint density at radius 1 is 0.818 bits per heavy atom. The summed E-state index contributed by atoms with van der Waals surface area (Å²) in [7, 11) is 0. The van der Waals surface area contributed by atoms with Crippen molar-refractivity contribution in [3.8, 4) is 0 Å². The van der Waals surface area contributed by atoms with Crippen LogP contribution in [-0.2, 0) is 4.79 Å². The maximum absolute atomic E-state index is 12.1. The highest BCUT2D eigenvalue weighted by Crippen LogP contribution is 2.15. The molecular formula is C18H18N2O2. The summed E-state index contributed by atoms with van der Waals surface area (Å²) >= 11 is 0. The molecule has 2 rings (SSSR count). The van der Waals surface area contributed by atoms with Gasteiger partial charge in [-0.2, -0.15) is 0 Å². The van der Waals surface area contributed by atoms with Crippen molar-refractivity contribution >= 4 is 23.1 Å². The molecule has 0 aromatic heterocycles. The number of nitrogens with one attached hydrogen (secondary N) is 2. The summed E-state index contributed by atoms with van der Waals surface area (Å²) in [6.07, 6.45) is 1.57. The van der Waals surface area contributed by atoms with Crippen molar-refractivity contribution < 1.29 is 9.59 Å². The van der Waals surface area contributed by atoms with Crippen LogP contribution in [0.15, 0.2) is 66.4 Å². The molecule has 2 aromatic carbocycles. The van der Waals surface area contributed by atoms with Gasteiger partial charge in [-0.25, -0.2) is 0 Å². The lowest BCUT2D eigenvalue weighted by molar-refractivity contribution is -0.114. The van der Waals surface area contributed by atoms with Crippen molar-refractivity contribution in [2.75, 3.05) is 10.6 Å². The molecule has 0 heterocycles. The van der Waals surface area contributed by atoms with Gasteiger partial charge in [0.15, 0.2) is 5.78 Å². The molecule has 0 bridgehead atoms. The third kappa shape index (κ3) is 4.59. The molecule has 0 radical (unpaired) electrons. The van der Waals surface area contributed by atoms with Crippen LogP contribution in [0, 0.1) is 0 Å². The quantitative estimate of drug-likeness (QED) is 0.650. The van der Waals surface area contributed by atoms with E-state index in [1.165, 1.54) is 6.92 Å². The molecule has 1 amide bonds. The highest BCUT2D eigenvalue weighted by atomic mass is 16.1. The number of hydrogen-bond donors (Lipinski definition) is 2. The van der Waals surface area contributed by atoms with E-state index >= 15 is 0 Å². The molecule has 0 atom stereocenters. The van der Waals surface area contributed by atoms with Gasteiger partial charge in [0.25, 0.3) is 0 Å². The third-order valence-corrected chi connectivity index (χ3v) is 2.95. The highest BCUT2D eigenvalue weighted by Gasteiger charge is 2.02. The van der Waals surface area contributed by atoms with Gasteiger partial charge >= 0.3 is 0 Å². The van der Waals surface area contributed by atoms with Crippen LogP contribution in [0.25, 0.3) is 0 Å². The topological polar surface area (TPSA) is 58.2 Å². The molecule has 2 N–H and O–H groups in total. The Morgan fingerprint density at radius 2 is 1.36 bits per heavy atom. The minimum Gasteiger partial charge on any atom is -0.359 e. The first-order valence-electron chi connectivity index (χ1n) is 6.97. The number of benzene rings is 2. The first-order chi connectivity index (χ1) is 10.5. The van der Waals surface area contributed by atoms with E-state index in [1.807, 2.05) is 37.3 Å². The number of rotatable bonds is 5. The fourth-order valence-corrected chi connectivity index (χ4v) is 1.99. The van der Waals surface area contributed by atoms with Crippen molar-refractivity contribution in [3.05, 3.63) is 71.9 Å². The van der Waals surface area contributed by atoms with Crippen LogP contribution < -0.4 is 10.6 Å². The predicted molar refractivity (Wildman–Crippen MR) is 88.9 cm³/mol. The molecule has 4 heteroatoms. The molecule has 4 nitrogen and oxygen atoms in total. The highest BCUT2D eigenvalue weighted by molar-refractivity contribution is 6.05. The molecule has 2 aromatic rings. The van der Waals surface area contributed by atoms with Crippen molar-refractivity contribution in [3.63, 3.8) is 0 Å². The molecule has 0 aliphatic carbocycles. The number of carbonyl (C=O) groups is 2. The summed E-state index contributed by atoms with van der Waals surface area (Å²) in [5.41, 5.74) is 2.99. The lowest BCUT2D eigenvalue weighted by Gasteiger charge is -2.08. The molecule has 0 saturated heterocycles. The van der Waals surface area contributed by atoms with E-state index in [4.69, 9.17) is 0 Å². The summed E-state index contributed by atoms with van der Waals surface area (Å²) in [6.45, 7) is 3.30. The van der Waals surface area contributed by atoms with E-state index in [2.05, 4.69) is 10.6 Å². The van der Waals surface area contributed by atoms with Crippen molar-refractivity contribution in [1.82, 2.24) is 0 Å². The van der Waals surface area contributed by atoms with Gasteiger partial charge in [0.05, 0.1) is 0 Å². The first-order valence-corrected chi connectivity index (χ1v) is 6.97. The van der Waals surface area contributed by atoms with Crippen LogP contribution in [0.2, 0.25) is 0 Å². The minimum atomic E-state index is -0.106. The Labute approximate surface area is 129 Å². The number of amides is 1. The summed E-state index contributed by atoms with van der Waals surface area (Å²) in [5, 5.41) is 5.85. The van der Waals surface area contributed by atoms with E-state index in [-0.39, 0.29) is 11.7 Å². The Balaban J connectivity index is 2.02. The monoisotopic (exact) mass is 294 g/mol. The summed E-state index contributed by atoms with van der Waals surface area (Å²) in [4.78, 5) is 23.0. The molecule has 0 aliphatic rings. The largest absolute Gasteiger partial charge is 0.359 e. The fraction of sp³-hybridized carbons (Fsp3) is 0.111. The average Bonchev–Trinajstić information content (AvgIpc) is 2.49. The fourth-order valence-electron chi connectivity index (χ4n) is 1.99. The van der Waals surface area contributed by atoms with E-state index in [0.717, 1.165) is 17.1 Å². The summed E-state index contributed by atoms with van der Waals surface area (Å²) in [5.74, 6) is -0.147. The lowest BCUT2D eigenvalue weighted by atomic mass is 10.1. The number of ketones is 1. The van der Waals surface area contributed by atoms with Gasteiger partial charge in [0.2, 0.25) is 5.91 Å². The van der Waals surface area contributed by atoms with E-state index < -0.39 is 0 Å². The Bertz CT molecular complexity index is 689. The molecule has 0 aliphatic heterocycles. The van der Waals surface area contributed by atoms with Crippen LogP contribution in [0.1, 0.15) is 24.2 Å². The third-order valence-electron chi connectivity index (χ3n) is 2.95. The van der Waals surface area contributed by atoms with Gasteiger partial charge < -0.3 is 10.6 Å². The van der Waals surface area contributed by atoms with Crippen LogP contribution in [0.4, 0.5) is 11.4 Å². The van der Waals surface area contributed by atoms with E-state index in [0.29, 0.717) is 5.56 Å². The number of hydrogen-bond acceptors (Lipinski definition) is 3. The first kappa shape index (κ1) is 15.5. The molecule has 112 valence electrons. The van der Waals surface area contributed by atoms with Crippen molar-refractivity contribution in [1.29, 1.82) is 0 Å². The zero-order valence-electron chi connectivity index (χ0n) is 12.6. The lowest BCUT2D eigenvalue weighted by Crippen LogP contribution is -2.05. The normalized spacial score (nSPS) is 10.9. The standard InChI is InChI=1S/C18H18N2O2/c1-13(12-18(22)15-6-4-3-5-7-15)19-16-8-10-17(11-9-16)20-14(2)21/h3-12,19H,1-2H3,(H,20,21)/b13-12-. The Kier molecular flexibility index (Phi) is 5.09. The predicted octanol–water partition coefficient (Wildman–Crippen LogP) is 3.84. The van der Waals surface area contributed by atoms with Crippen LogP contribution in [0.5, 0.6) is 0 Å². The Morgan fingerprint density at radius 3 is 1.91 bits per heavy atom. The summed E-state index contributed by atoms with van der Waals surface area (Å²) < 4.78 is 0. The molecule has 22 heavy (non-hydrogen) atoms. The smallest absolute Gasteiger partial charge is 0.221 e. The molecule has 0 unspecified atom stereocenters. The van der Waals surface area contributed by atoms with Gasteiger partial charge in [-0.1, -0.05) is 30.3 Å². The zero-order chi connectivity index (χ0) is 15.9. The molecular weight excluding hydrogens is 276 g/mol. The van der Waals surface area contributed by atoms with Gasteiger partial charge in [-0.05, 0) is 31.2 Å². The zero-order valence-corrected chi connectivity index (χ0v) is 12.6. The molecule has 0 fully saturated rings. The van der Waals surface area contributed by atoms with E-state index in [9.17, 15) is 9.59 Å². The van der Waals surface area contributed by atoms with Crippen molar-refractivity contribution in [2.24, 2.45) is 0 Å². The number of carbonyl (C=O) groups excluding carboxylic acids is 2. The summed E-state index contributed by atoms with van der Waals surface area (Å²) in [6, 6.07) is 16.4. The van der Waals surface area contributed by atoms with Crippen molar-refractivity contribution in [2.45, 2.75) is 13.8 Å². The minimum absolute atomic E-state index is 0.0412. The second-order valence-electron chi connectivity index (χ2n) is 4.94. The van der Waals surface area contributed by atoms with Crippen LogP contribution >= 0.6 is 0 Å². The van der Waals surface area contributed by atoms with Gasteiger partial charge in [0, 0.05) is 35.6 Å². The second-order valence-corrected chi connectivity index (χ2v) is 4.94. The van der Waals surface area contributed by atoms with Gasteiger partial charge in [-0.15, -0.1) is 0 Å². The molecule has 0 spiro atoms. The maximum atomic E-state index is 12.1. The SMILES string of the molecule is CC(=O)Nc1ccc(N/C(C)=C\C(=O)c2ccccc2)cc1. The second kappa shape index (κ2) is 7.22. The number of anilines is 2. The maximum Gasteiger partial charge on any atom is 0.221 e. The number of allylic oxidation sites excluding steroid dienone is 2. The average molecular weight is 294 g/mol. The van der Waals surface area contributed by atoms with Crippen LogP contribution in [0.3, 0.4) is 0 Å². The van der Waals surface area contributed by atoms with Gasteiger partial charge in [-0.3, -0.25) is 9.59 Å².